The van der Waals surface area contributed by atoms with Crippen LogP contribution in [0.25, 0.3) is 0 Å². The van der Waals surface area contributed by atoms with Crippen LogP contribution in [0, 0.1) is 0 Å². The number of para-hydroxylation sites is 2. The lowest BCUT2D eigenvalue weighted by atomic mass is 10.00. The molecule has 2 aliphatic heterocycles. The third-order valence-electron chi connectivity index (χ3n) is 5.54. The van der Waals surface area contributed by atoms with Crippen LogP contribution >= 0.6 is 0 Å². The van der Waals surface area contributed by atoms with Crippen LogP contribution in [0.4, 0.5) is 5.69 Å². The molecule has 3 rings (SSSR count). The molecule has 1 atom stereocenters. The van der Waals surface area contributed by atoms with Crippen LogP contribution in [0.15, 0.2) is 24.3 Å². The van der Waals surface area contributed by atoms with Crippen molar-refractivity contribution in [2.45, 2.75) is 51.5 Å². The summed E-state index contributed by atoms with van der Waals surface area (Å²) in [4.78, 5) is 28.5. The summed E-state index contributed by atoms with van der Waals surface area (Å²) in [5, 5.41) is 3.00. The minimum absolute atomic E-state index is 0.00235. The number of carbonyl (C=O) groups excluding carboxylic acids is 2. The van der Waals surface area contributed by atoms with Crippen molar-refractivity contribution in [1.82, 2.24) is 10.2 Å². The first kappa shape index (κ1) is 19.7. The molecule has 0 bridgehead atoms. The van der Waals surface area contributed by atoms with Crippen molar-refractivity contribution < 1.29 is 14.3 Å². The average molecular weight is 373 g/mol. The number of hydrogen-bond donors (Lipinski definition) is 1. The molecule has 0 aliphatic carbocycles. The highest BCUT2D eigenvalue weighted by Crippen LogP contribution is 2.31. The lowest BCUT2D eigenvalue weighted by molar-refractivity contribution is -0.122. The van der Waals surface area contributed by atoms with Crippen molar-refractivity contribution in [2.24, 2.45) is 0 Å². The number of carbonyl (C=O) groups is 2. The summed E-state index contributed by atoms with van der Waals surface area (Å²) in [7, 11) is 0. The Balaban J connectivity index is 1.38. The van der Waals surface area contributed by atoms with Gasteiger partial charge in [-0.25, -0.2) is 0 Å². The standard InChI is InChI=1S/C21H31N3O3/c1-2-17-8-5-6-13-23(17)14-7-12-22-20(25)11-15-24-18-9-3-4-10-19(18)27-16-21(24)26/h3-4,9-10,17H,2,5-8,11-16H2,1H3,(H,22,25). The third-order valence-corrected chi connectivity index (χ3v) is 5.54. The normalized spacial score (nSPS) is 20.1. The maximum Gasteiger partial charge on any atom is 0.265 e. The Morgan fingerprint density at radius 3 is 2.96 bits per heavy atom. The fraction of sp³-hybridized carbons (Fsp3) is 0.619. The number of amides is 2. The summed E-state index contributed by atoms with van der Waals surface area (Å²) in [5.74, 6) is 0.596. The van der Waals surface area contributed by atoms with Crippen LogP contribution in [0.2, 0.25) is 0 Å². The Morgan fingerprint density at radius 2 is 2.11 bits per heavy atom. The van der Waals surface area contributed by atoms with E-state index in [0.29, 0.717) is 31.3 Å². The van der Waals surface area contributed by atoms with Crippen molar-refractivity contribution in [1.29, 1.82) is 0 Å². The minimum Gasteiger partial charge on any atom is -0.482 e. The number of nitrogens with one attached hydrogen (secondary N) is 1. The molecule has 0 radical (unpaired) electrons. The smallest absolute Gasteiger partial charge is 0.265 e. The van der Waals surface area contributed by atoms with Crippen molar-refractivity contribution in [3.63, 3.8) is 0 Å². The minimum atomic E-state index is -0.0998. The Kier molecular flexibility index (Phi) is 7.10. The van der Waals surface area contributed by atoms with Gasteiger partial charge in [-0.3, -0.25) is 9.59 Å². The van der Waals surface area contributed by atoms with Gasteiger partial charge in [-0.05, 0) is 44.4 Å². The molecule has 2 amide bonds. The van der Waals surface area contributed by atoms with E-state index in [1.165, 1.54) is 32.2 Å². The van der Waals surface area contributed by atoms with Gasteiger partial charge in [-0.1, -0.05) is 25.5 Å². The van der Waals surface area contributed by atoms with Crippen LogP contribution < -0.4 is 15.0 Å². The highest BCUT2D eigenvalue weighted by atomic mass is 16.5. The fourth-order valence-electron chi connectivity index (χ4n) is 4.03. The lowest BCUT2D eigenvalue weighted by Crippen LogP contribution is -2.42. The number of ether oxygens (including phenoxy) is 1. The highest BCUT2D eigenvalue weighted by Gasteiger charge is 2.25. The molecule has 6 nitrogen and oxygen atoms in total. The molecule has 6 heteroatoms. The number of anilines is 1. The molecule has 1 N–H and O–H groups in total. The molecular formula is C21H31N3O3. The van der Waals surface area contributed by atoms with Crippen LogP contribution in [0.5, 0.6) is 5.75 Å². The number of benzene rings is 1. The summed E-state index contributed by atoms with van der Waals surface area (Å²) in [6.07, 6.45) is 6.43. The first-order valence-electron chi connectivity index (χ1n) is 10.2. The van der Waals surface area contributed by atoms with Crippen molar-refractivity contribution in [3.8, 4) is 5.75 Å². The topological polar surface area (TPSA) is 61.9 Å². The maximum atomic E-state index is 12.2. The van der Waals surface area contributed by atoms with Crippen molar-refractivity contribution >= 4 is 17.5 Å². The van der Waals surface area contributed by atoms with Gasteiger partial charge in [0.2, 0.25) is 5.91 Å². The highest BCUT2D eigenvalue weighted by molar-refractivity contribution is 5.98. The monoisotopic (exact) mass is 373 g/mol. The van der Waals surface area contributed by atoms with Gasteiger partial charge in [0, 0.05) is 32.1 Å². The molecule has 0 spiro atoms. The zero-order valence-corrected chi connectivity index (χ0v) is 16.3. The van der Waals surface area contributed by atoms with Crippen LogP contribution in [0.1, 0.15) is 45.4 Å². The van der Waals surface area contributed by atoms with Gasteiger partial charge in [0.05, 0.1) is 5.69 Å². The first-order chi connectivity index (χ1) is 13.2. The van der Waals surface area contributed by atoms with E-state index in [4.69, 9.17) is 4.74 Å². The van der Waals surface area contributed by atoms with E-state index < -0.39 is 0 Å². The molecule has 0 aromatic heterocycles. The fourth-order valence-corrected chi connectivity index (χ4v) is 4.03. The van der Waals surface area contributed by atoms with Crippen molar-refractivity contribution in [2.75, 3.05) is 37.7 Å². The molecule has 27 heavy (non-hydrogen) atoms. The number of hydrogen-bond acceptors (Lipinski definition) is 4. The summed E-state index contributed by atoms with van der Waals surface area (Å²) in [5.41, 5.74) is 0.747. The number of likely N-dealkylation sites (tertiary alicyclic amines) is 1. The van der Waals surface area contributed by atoms with Gasteiger partial charge in [0.25, 0.3) is 5.91 Å². The van der Waals surface area contributed by atoms with Crippen LogP contribution in [-0.2, 0) is 9.59 Å². The zero-order chi connectivity index (χ0) is 19.1. The second kappa shape index (κ2) is 9.74. The molecule has 2 heterocycles. The second-order valence-corrected chi connectivity index (χ2v) is 7.35. The number of nitrogens with zero attached hydrogens (tertiary/aromatic N) is 2. The van der Waals surface area contributed by atoms with E-state index in [9.17, 15) is 9.59 Å². The maximum absolute atomic E-state index is 12.2. The summed E-state index contributed by atoms with van der Waals surface area (Å²) >= 11 is 0. The van der Waals surface area contributed by atoms with Gasteiger partial charge in [-0.2, -0.15) is 0 Å². The van der Waals surface area contributed by atoms with Crippen LogP contribution in [-0.4, -0.2) is 55.5 Å². The van der Waals surface area contributed by atoms with E-state index >= 15 is 0 Å². The molecular weight excluding hydrogens is 342 g/mol. The molecule has 2 aliphatic rings. The number of rotatable bonds is 8. The van der Waals surface area contributed by atoms with E-state index in [2.05, 4.69) is 17.1 Å². The Labute approximate surface area is 161 Å². The summed E-state index contributed by atoms with van der Waals surface area (Å²) < 4.78 is 5.43. The van der Waals surface area contributed by atoms with E-state index in [1.54, 1.807) is 4.90 Å². The molecule has 1 unspecified atom stereocenters. The SMILES string of the molecule is CCC1CCCCN1CCCNC(=O)CCN1C(=O)COc2ccccc21. The summed E-state index contributed by atoms with van der Waals surface area (Å²) in [6, 6.07) is 8.16. The van der Waals surface area contributed by atoms with E-state index in [1.807, 2.05) is 24.3 Å². The number of piperidine rings is 1. The van der Waals surface area contributed by atoms with Gasteiger partial charge >= 0.3 is 0 Å². The number of fused-ring (bicyclic) bond motifs is 1. The second-order valence-electron chi connectivity index (χ2n) is 7.35. The Bertz CT molecular complexity index is 649. The largest absolute Gasteiger partial charge is 0.482 e. The Hall–Kier alpha value is -2.08. The van der Waals surface area contributed by atoms with Gasteiger partial charge in [0.15, 0.2) is 6.61 Å². The molecule has 148 valence electrons. The van der Waals surface area contributed by atoms with Gasteiger partial charge in [0.1, 0.15) is 5.75 Å². The Morgan fingerprint density at radius 1 is 1.26 bits per heavy atom. The van der Waals surface area contributed by atoms with Gasteiger partial charge < -0.3 is 19.9 Å². The molecule has 1 aromatic carbocycles. The van der Waals surface area contributed by atoms with E-state index in [-0.39, 0.29) is 18.4 Å². The molecule has 1 saturated heterocycles. The first-order valence-corrected chi connectivity index (χ1v) is 10.2. The van der Waals surface area contributed by atoms with Gasteiger partial charge in [-0.15, -0.1) is 0 Å². The van der Waals surface area contributed by atoms with Crippen molar-refractivity contribution in [3.05, 3.63) is 24.3 Å². The third kappa shape index (κ3) is 5.22. The average Bonchev–Trinajstić information content (AvgIpc) is 2.70. The lowest BCUT2D eigenvalue weighted by Gasteiger charge is -2.35. The summed E-state index contributed by atoms with van der Waals surface area (Å²) in [6.45, 7) is 5.61. The molecule has 1 fully saturated rings. The predicted molar refractivity (Wildman–Crippen MR) is 106 cm³/mol. The molecule has 0 saturated carbocycles. The van der Waals surface area contributed by atoms with E-state index in [0.717, 1.165) is 18.7 Å². The zero-order valence-electron chi connectivity index (χ0n) is 16.3. The predicted octanol–water partition coefficient (Wildman–Crippen LogP) is 2.57. The molecule has 1 aromatic rings. The quantitative estimate of drug-likeness (QED) is 0.712. The van der Waals surface area contributed by atoms with Crippen LogP contribution in [0.3, 0.4) is 0 Å².